The SMILES string of the molecule is CCNC(=NCC(=O)N(CC)Cc1ccccc1)NCC1CCCOC1C(C)(C)C. The van der Waals surface area contributed by atoms with E-state index in [1.807, 2.05) is 49.1 Å². The highest BCUT2D eigenvalue weighted by molar-refractivity contribution is 5.85. The monoisotopic (exact) mass is 416 g/mol. The number of guanidine groups is 1. The van der Waals surface area contributed by atoms with Gasteiger partial charge in [-0.15, -0.1) is 0 Å². The van der Waals surface area contributed by atoms with Crippen molar-refractivity contribution in [1.82, 2.24) is 15.5 Å². The zero-order valence-corrected chi connectivity index (χ0v) is 19.4. The van der Waals surface area contributed by atoms with E-state index in [9.17, 15) is 4.79 Å². The van der Waals surface area contributed by atoms with Crippen LogP contribution < -0.4 is 10.6 Å². The van der Waals surface area contributed by atoms with Gasteiger partial charge in [-0.25, -0.2) is 4.99 Å². The Kier molecular flexibility index (Phi) is 9.63. The minimum absolute atomic E-state index is 0.0344. The fraction of sp³-hybridized carbons (Fsp3) is 0.667. The van der Waals surface area contributed by atoms with E-state index < -0.39 is 0 Å². The number of nitrogens with one attached hydrogen (secondary N) is 2. The summed E-state index contributed by atoms with van der Waals surface area (Å²) in [6, 6.07) is 10.1. The summed E-state index contributed by atoms with van der Waals surface area (Å²) in [4.78, 5) is 19.1. The molecule has 0 spiro atoms. The van der Waals surface area contributed by atoms with Gasteiger partial charge in [0.1, 0.15) is 6.54 Å². The van der Waals surface area contributed by atoms with E-state index in [1.54, 1.807) is 0 Å². The molecule has 1 aliphatic heterocycles. The van der Waals surface area contributed by atoms with Gasteiger partial charge in [-0.3, -0.25) is 4.79 Å². The Hall–Kier alpha value is -2.08. The molecular formula is C24H40N4O2. The second-order valence-electron chi connectivity index (χ2n) is 9.03. The molecule has 1 heterocycles. The number of nitrogens with zero attached hydrogens (tertiary/aromatic N) is 2. The molecule has 1 fully saturated rings. The predicted octanol–water partition coefficient (Wildman–Crippen LogP) is 3.43. The summed E-state index contributed by atoms with van der Waals surface area (Å²) < 4.78 is 6.09. The standard InChI is InChI=1S/C24H40N4O2/c1-6-25-23(26-16-20-14-11-15-30-22(20)24(3,4)5)27-17-21(29)28(7-2)18-19-12-9-8-10-13-19/h8-10,12-13,20,22H,6-7,11,14-18H2,1-5H3,(H2,25,26,27). The Balaban J connectivity index is 1.94. The van der Waals surface area contributed by atoms with E-state index in [0.717, 1.165) is 38.1 Å². The summed E-state index contributed by atoms with van der Waals surface area (Å²) in [6.07, 6.45) is 2.47. The molecular weight excluding hydrogens is 376 g/mol. The van der Waals surface area contributed by atoms with Gasteiger partial charge in [-0.05, 0) is 37.7 Å². The van der Waals surface area contributed by atoms with E-state index in [4.69, 9.17) is 4.74 Å². The van der Waals surface area contributed by atoms with Gasteiger partial charge in [0.25, 0.3) is 0 Å². The van der Waals surface area contributed by atoms with Gasteiger partial charge in [-0.2, -0.15) is 0 Å². The van der Waals surface area contributed by atoms with E-state index in [0.29, 0.717) is 25.0 Å². The Morgan fingerprint density at radius 3 is 2.57 bits per heavy atom. The minimum atomic E-state index is 0.0344. The molecule has 0 bridgehead atoms. The van der Waals surface area contributed by atoms with Crippen LogP contribution in [0.5, 0.6) is 0 Å². The van der Waals surface area contributed by atoms with Gasteiger partial charge in [0.05, 0.1) is 6.10 Å². The highest BCUT2D eigenvalue weighted by atomic mass is 16.5. The molecule has 2 rings (SSSR count). The van der Waals surface area contributed by atoms with Crippen LogP contribution in [0.3, 0.4) is 0 Å². The maximum absolute atomic E-state index is 12.7. The van der Waals surface area contributed by atoms with E-state index in [2.05, 4.69) is 36.4 Å². The van der Waals surface area contributed by atoms with Crippen molar-refractivity contribution >= 4 is 11.9 Å². The number of likely N-dealkylation sites (N-methyl/N-ethyl adjacent to an activating group) is 1. The molecule has 168 valence electrons. The van der Waals surface area contributed by atoms with E-state index >= 15 is 0 Å². The topological polar surface area (TPSA) is 66.0 Å². The Labute approximate surface area is 182 Å². The number of hydrogen-bond acceptors (Lipinski definition) is 3. The van der Waals surface area contributed by atoms with Crippen LogP contribution in [-0.2, 0) is 16.1 Å². The number of aliphatic imine (C=N–C) groups is 1. The second kappa shape index (κ2) is 11.9. The summed E-state index contributed by atoms with van der Waals surface area (Å²) in [5, 5.41) is 6.71. The summed E-state index contributed by atoms with van der Waals surface area (Å²) in [5.74, 6) is 1.16. The molecule has 2 N–H and O–H groups in total. The second-order valence-corrected chi connectivity index (χ2v) is 9.03. The van der Waals surface area contributed by atoms with Crippen LogP contribution in [0, 0.1) is 11.3 Å². The molecule has 6 nitrogen and oxygen atoms in total. The zero-order valence-electron chi connectivity index (χ0n) is 19.4. The first-order chi connectivity index (χ1) is 14.3. The normalized spacial score (nSPS) is 20.0. The first-order valence-corrected chi connectivity index (χ1v) is 11.3. The third kappa shape index (κ3) is 7.63. The van der Waals surface area contributed by atoms with E-state index in [-0.39, 0.29) is 24.0 Å². The summed E-state index contributed by atoms with van der Waals surface area (Å²) >= 11 is 0. The van der Waals surface area contributed by atoms with Gasteiger partial charge in [0, 0.05) is 38.7 Å². The maximum Gasteiger partial charge on any atom is 0.244 e. The predicted molar refractivity (Wildman–Crippen MR) is 123 cm³/mol. The number of carbonyl (C=O) groups excluding carboxylic acids is 1. The van der Waals surface area contributed by atoms with Gasteiger partial charge >= 0.3 is 0 Å². The highest BCUT2D eigenvalue weighted by Gasteiger charge is 2.35. The first kappa shape index (κ1) is 24.2. The molecule has 0 aliphatic carbocycles. The smallest absolute Gasteiger partial charge is 0.244 e. The lowest BCUT2D eigenvalue weighted by Gasteiger charge is -2.40. The molecule has 2 unspecified atom stereocenters. The van der Waals surface area contributed by atoms with Crippen LogP contribution in [0.15, 0.2) is 35.3 Å². The summed E-state index contributed by atoms with van der Waals surface area (Å²) in [7, 11) is 0. The van der Waals surface area contributed by atoms with Gasteiger partial charge in [0.15, 0.2) is 5.96 Å². The lowest BCUT2D eigenvalue weighted by atomic mass is 9.78. The number of hydrogen-bond donors (Lipinski definition) is 2. The lowest BCUT2D eigenvalue weighted by Crippen LogP contribution is -2.47. The zero-order chi connectivity index (χ0) is 22.0. The molecule has 1 amide bonds. The molecule has 0 aromatic heterocycles. The van der Waals surface area contributed by atoms with Crippen molar-refractivity contribution in [3.63, 3.8) is 0 Å². The van der Waals surface area contributed by atoms with Crippen LogP contribution in [-0.4, -0.2) is 55.7 Å². The Bertz CT molecular complexity index is 670. The fourth-order valence-corrected chi connectivity index (χ4v) is 4.01. The molecule has 1 saturated heterocycles. The van der Waals surface area contributed by atoms with Crippen LogP contribution in [0.1, 0.15) is 53.0 Å². The molecule has 6 heteroatoms. The molecule has 2 atom stereocenters. The summed E-state index contributed by atoms with van der Waals surface area (Å²) in [5.41, 5.74) is 1.24. The number of carbonyl (C=O) groups is 1. The first-order valence-electron chi connectivity index (χ1n) is 11.3. The summed E-state index contributed by atoms with van der Waals surface area (Å²) in [6.45, 7) is 14.6. The number of rotatable bonds is 8. The van der Waals surface area contributed by atoms with Crippen molar-refractivity contribution in [3.05, 3.63) is 35.9 Å². The molecule has 0 radical (unpaired) electrons. The third-order valence-corrected chi connectivity index (χ3v) is 5.50. The van der Waals surface area contributed by atoms with Crippen molar-refractivity contribution < 1.29 is 9.53 Å². The van der Waals surface area contributed by atoms with Crippen molar-refractivity contribution in [2.24, 2.45) is 16.3 Å². The lowest BCUT2D eigenvalue weighted by molar-refractivity contribution is -0.130. The number of benzene rings is 1. The van der Waals surface area contributed by atoms with Gasteiger partial charge in [0.2, 0.25) is 5.91 Å². The largest absolute Gasteiger partial charge is 0.377 e. The Morgan fingerprint density at radius 1 is 1.20 bits per heavy atom. The minimum Gasteiger partial charge on any atom is -0.377 e. The number of amides is 1. The third-order valence-electron chi connectivity index (χ3n) is 5.50. The quantitative estimate of drug-likeness (QED) is 0.503. The van der Waals surface area contributed by atoms with E-state index in [1.165, 1.54) is 0 Å². The van der Waals surface area contributed by atoms with Crippen LogP contribution >= 0.6 is 0 Å². The van der Waals surface area contributed by atoms with Crippen molar-refractivity contribution in [2.75, 3.05) is 32.8 Å². The van der Waals surface area contributed by atoms with Crippen LogP contribution in [0.4, 0.5) is 0 Å². The van der Waals surface area contributed by atoms with Crippen molar-refractivity contribution in [1.29, 1.82) is 0 Å². The average molecular weight is 417 g/mol. The molecule has 1 aromatic rings. The van der Waals surface area contributed by atoms with Crippen LogP contribution in [0.25, 0.3) is 0 Å². The van der Waals surface area contributed by atoms with Crippen LogP contribution in [0.2, 0.25) is 0 Å². The molecule has 0 saturated carbocycles. The maximum atomic E-state index is 12.7. The molecule has 1 aromatic carbocycles. The molecule has 30 heavy (non-hydrogen) atoms. The van der Waals surface area contributed by atoms with Gasteiger partial charge in [-0.1, -0.05) is 51.1 Å². The average Bonchev–Trinajstić information content (AvgIpc) is 2.74. The van der Waals surface area contributed by atoms with Crippen molar-refractivity contribution in [2.45, 2.75) is 60.1 Å². The van der Waals surface area contributed by atoms with Gasteiger partial charge < -0.3 is 20.3 Å². The van der Waals surface area contributed by atoms with Crippen molar-refractivity contribution in [3.8, 4) is 0 Å². The molecule has 1 aliphatic rings. The highest BCUT2D eigenvalue weighted by Crippen LogP contribution is 2.33. The fourth-order valence-electron chi connectivity index (χ4n) is 4.01. The Morgan fingerprint density at radius 2 is 1.93 bits per heavy atom. The number of ether oxygens (including phenoxy) is 1.